The third-order valence-electron chi connectivity index (χ3n) is 3.20. The lowest BCUT2D eigenvalue weighted by molar-refractivity contribution is -0.144. The highest BCUT2D eigenvalue weighted by atomic mass is 16.5. The van der Waals surface area contributed by atoms with E-state index in [4.69, 9.17) is 9.15 Å². The molecule has 1 aromatic rings. The van der Waals surface area contributed by atoms with E-state index in [-0.39, 0.29) is 12.1 Å². The summed E-state index contributed by atoms with van der Waals surface area (Å²) in [5, 5.41) is 5.25. The highest BCUT2D eigenvalue weighted by Gasteiger charge is 2.34. The summed E-state index contributed by atoms with van der Waals surface area (Å²) in [7, 11) is 0. The van der Waals surface area contributed by atoms with Crippen molar-refractivity contribution < 1.29 is 18.7 Å². The summed E-state index contributed by atoms with van der Waals surface area (Å²) in [5.41, 5.74) is 0.836. The van der Waals surface area contributed by atoms with Gasteiger partial charge in [-0.15, -0.1) is 0 Å². The first-order valence-electron chi connectivity index (χ1n) is 6.55. The number of esters is 1. The summed E-state index contributed by atoms with van der Waals surface area (Å²) in [4.78, 5) is 23.9. The van der Waals surface area contributed by atoms with Gasteiger partial charge in [-0.2, -0.15) is 0 Å². The average molecular weight is 278 g/mol. The van der Waals surface area contributed by atoms with E-state index in [1.807, 2.05) is 13.8 Å². The number of hydrogen-bond donors (Lipinski definition) is 2. The molecule has 1 aliphatic heterocycles. The maximum Gasteiger partial charge on any atom is 0.338 e. The second-order valence-corrected chi connectivity index (χ2v) is 4.71. The molecule has 0 saturated carbocycles. The number of amides is 2. The van der Waals surface area contributed by atoms with Gasteiger partial charge in [-0.05, 0) is 32.4 Å². The molecular formula is C14H18N2O4. The standard InChI is InChI=1S/C14H18N2O4/c1-4-8(2)20-13(17)11-9(3)15-14(18)16-12(11)10-6-5-7-19-10/h5-8,12H,4H2,1-3H3,(H2,15,16,18)/t8-,12-/m1/s1. The molecule has 2 N–H and O–H groups in total. The van der Waals surface area contributed by atoms with Crippen LogP contribution in [0.5, 0.6) is 0 Å². The van der Waals surface area contributed by atoms with Crippen molar-refractivity contribution in [3.63, 3.8) is 0 Å². The normalized spacial score (nSPS) is 20.1. The summed E-state index contributed by atoms with van der Waals surface area (Å²) in [6, 6.07) is 2.41. The van der Waals surface area contributed by atoms with Crippen molar-refractivity contribution in [1.29, 1.82) is 0 Å². The van der Waals surface area contributed by atoms with E-state index in [0.717, 1.165) is 6.42 Å². The second-order valence-electron chi connectivity index (χ2n) is 4.71. The zero-order chi connectivity index (χ0) is 14.7. The molecule has 20 heavy (non-hydrogen) atoms. The molecular weight excluding hydrogens is 260 g/mol. The van der Waals surface area contributed by atoms with Crippen LogP contribution in [-0.4, -0.2) is 18.1 Å². The van der Waals surface area contributed by atoms with Gasteiger partial charge < -0.3 is 19.8 Å². The number of carbonyl (C=O) groups is 2. The van der Waals surface area contributed by atoms with Crippen LogP contribution in [0.2, 0.25) is 0 Å². The fourth-order valence-corrected chi connectivity index (χ4v) is 1.96. The Bertz CT molecular complexity index is 533. The van der Waals surface area contributed by atoms with Crippen LogP contribution in [-0.2, 0) is 9.53 Å². The Morgan fingerprint density at radius 3 is 2.90 bits per heavy atom. The molecule has 2 heterocycles. The highest BCUT2D eigenvalue weighted by molar-refractivity contribution is 5.94. The van der Waals surface area contributed by atoms with Crippen molar-refractivity contribution in [2.24, 2.45) is 0 Å². The second kappa shape index (κ2) is 5.81. The average Bonchev–Trinajstić information content (AvgIpc) is 2.91. The number of hydrogen-bond acceptors (Lipinski definition) is 4. The molecule has 0 saturated heterocycles. The molecule has 0 radical (unpaired) electrons. The summed E-state index contributed by atoms with van der Waals surface area (Å²) in [6.45, 7) is 5.43. The van der Waals surface area contributed by atoms with Gasteiger partial charge in [-0.3, -0.25) is 0 Å². The maximum atomic E-state index is 12.3. The topological polar surface area (TPSA) is 80.6 Å². The molecule has 0 bridgehead atoms. The molecule has 6 heteroatoms. The number of rotatable bonds is 4. The van der Waals surface area contributed by atoms with Crippen molar-refractivity contribution in [2.45, 2.75) is 39.3 Å². The van der Waals surface area contributed by atoms with Gasteiger partial charge in [-0.1, -0.05) is 6.92 Å². The molecule has 0 spiro atoms. The SMILES string of the molecule is CC[C@@H](C)OC(=O)C1=C(C)NC(=O)N[C@@H]1c1ccco1. The van der Waals surface area contributed by atoms with Crippen molar-refractivity contribution in [3.05, 3.63) is 35.4 Å². The smallest absolute Gasteiger partial charge is 0.338 e. The Morgan fingerprint density at radius 2 is 2.30 bits per heavy atom. The Balaban J connectivity index is 2.31. The van der Waals surface area contributed by atoms with Gasteiger partial charge in [0.05, 0.1) is 17.9 Å². The lowest BCUT2D eigenvalue weighted by Crippen LogP contribution is -2.45. The van der Waals surface area contributed by atoms with Crippen molar-refractivity contribution in [2.75, 3.05) is 0 Å². The van der Waals surface area contributed by atoms with E-state index in [0.29, 0.717) is 17.0 Å². The number of nitrogens with one attached hydrogen (secondary N) is 2. The third-order valence-corrected chi connectivity index (χ3v) is 3.20. The molecule has 108 valence electrons. The molecule has 2 amide bonds. The van der Waals surface area contributed by atoms with Crippen molar-refractivity contribution in [3.8, 4) is 0 Å². The summed E-state index contributed by atoms with van der Waals surface area (Å²) in [6.07, 6.45) is 2.04. The fourth-order valence-electron chi connectivity index (χ4n) is 1.96. The molecule has 0 aliphatic carbocycles. The minimum absolute atomic E-state index is 0.183. The molecule has 1 aromatic heterocycles. The third kappa shape index (κ3) is 2.84. The van der Waals surface area contributed by atoms with Crippen LogP contribution in [0.1, 0.15) is 39.0 Å². The van der Waals surface area contributed by atoms with Crippen molar-refractivity contribution >= 4 is 12.0 Å². The van der Waals surface area contributed by atoms with Gasteiger partial charge >= 0.3 is 12.0 Å². The zero-order valence-electron chi connectivity index (χ0n) is 11.7. The first-order valence-corrected chi connectivity index (χ1v) is 6.55. The zero-order valence-corrected chi connectivity index (χ0v) is 11.7. The van der Waals surface area contributed by atoms with Gasteiger partial charge in [0, 0.05) is 5.70 Å². The Kier molecular flexibility index (Phi) is 4.12. The Morgan fingerprint density at radius 1 is 1.55 bits per heavy atom. The summed E-state index contributed by atoms with van der Waals surface area (Å²) in [5.74, 6) is 0.0426. The van der Waals surface area contributed by atoms with Crippen LogP contribution in [0, 0.1) is 0 Å². The molecule has 2 rings (SSSR count). The van der Waals surface area contributed by atoms with Gasteiger partial charge in [-0.25, -0.2) is 9.59 Å². The van der Waals surface area contributed by atoms with E-state index in [1.54, 1.807) is 19.1 Å². The van der Waals surface area contributed by atoms with E-state index in [1.165, 1.54) is 6.26 Å². The monoisotopic (exact) mass is 278 g/mol. The Hall–Kier alpha value is -2.24. The first-order chi connectivity index (χ1) is 9.52. The van der Waals surface area contributed by atoms with Crippen LogP contribution in [0.3, 0.4) is 0 Å². The number of furan rings is 1. The first kappa shape index (κ1) is 14.2. The molecule has 2 atom stereocenters. The van der Waals surface area contributed by atoms with Gasteiger partial charge in [0.1, 0.15) is 11.8 Å². The van der Waals surface area contributed by atoms with Crippen LogP contribution in [0.15, 0.2) is 34.1 Å². The van der Waals surface area contributed by atoms with E-state index in [2.05, 4.69) is 10.6 Å². The molecule has 6 nitrogen and oxygen atoms in total. The molecule has 0 aromatic carbocycles. The summed E-state index contributed by atoms with van der Waals surface area (Å²) < 4.78 is 10.6. The van der Waals surface area contributed by atoms with Crippen LogP contribution >= 0.6 is 0 Å². The molecule has 0 fully saturated rings. The number of allylic oxidation sites excluding steroid dienone is 1. The van der Waals surface area contributed by atoms with E-state index in [9.17, 15) is 9.59 Å². The lowest BCUT2D eigenvalue weighted by Gasteiger charge is -2.27. The minimum Gasteiger partial charge on any atom is -0.467 e. The molecule has 1 aliphatic rings. The minimum atomic E-state index is -0.629. The largest absolute Gasteiger partial charge is 0.467 e. The predicted octanol–water partition coefficient (Wildman–Crippen LogP) is 2.25. The van der Waals surface area contributed by atoms with Crippen molar-refractivity contribution in [1.82, 2.24) is 10.6 Å². The van der Waals surface area contributed by atoms with Gasteiger partial charge in [0.25, 0.3) is 0 Å². The maximum absolute atomic E-state index is 12.3. The van der Waals surface area contributed by atoms with Crippen LogP contribution < -0.4 is 10.6 Å². The van der Waals surface area contributed by atoms with Gasteiger partial charge in [0.2, 0.25) is 0 Å². The fraction of sp³-hybridized carbons (Fsp3) is 0.429. The number of urea groups is 1. The number of ether oxygens (including phenoxy) is 1. The molecule has 0 unspecified atom stereocenters. The predicted molar refractivity (Wildman–Crippen MR) is 71.7 cm³/mol. The van der Waals surface area contributed by atoms with Gasteiger partial charge in [0.15, 0.2) is 0 Å². The van der Waals surface area contributed by atoms with Crippen LogP contribution in [0.25, 0.3) is 0 Å². The van der Waals surface area contributed by atoms with E-state index >= 15 is 0 Å². The number of carbonyl (C=O) groups excluding carboxylic acids is 2. The highest BCUT2D eigenvalue weighted by Crippen LogP contribution is 2.28. The Labute approximate surface area is 117 Å². The van der Waals surface area contributed by atoms with E-state index < -0.39 is 12.0 Å². The summed E-state index contributed by atoms with van der Waals surface area (Å²) >= 11 is 0. The van der Waals surface area contributed by atoms with Crippen LogP contribution in [0.4, 0.5) is 4.79 Å². The quantitative estimate of drug-likeness (QED) is 0.828. The lowest BCUT2D eigenvalue weighted by atomic mass is 10.0.